The predicted octanol–water partition coefficient (Wildman–Crippen LogP) is 2.60. The molecule has 2 rings (SSSR count). The number of terminal acetylenes is 1. The molecule has 0 spiro atoms. The fourth-order valence-electron chi connectivity index (χ4n) is 2.30. The van der Waals surface area contributed by atoms with E-state index in [1.807, 2.05) is 45.0 Å². The zero-order valence-electron chi connectivity index (χ0n) is 15.6. The zero-order chi connectivity index (χ0) is 18.8. The molecule has 6 nitrogen and oxygen atoms in total. The lowest BCUT2D eigenvalue weighted by Crippen LogP contribution is -2.38. The smallest absolute Gasteiger partial charge is 0.216 e. The number of aliphatic imine (C=N–C) groups is 1. The van der Waals surface area contributed by atoms with E-state index in [1.54, 1.807) is 0 Å². The van der Waals surface area contributed by atoms with Gasteiger partial charge in [0.05, 0.1) is 5.69 Å². The van der Waals surface area contributed by atoms with Crippen molar-refractivity contribution in [2.45, 2.75) is 33.7 Å². The van der Waals surface area contributed by atoms with Gasteiger partial charge >= 0.3 is 0 Å². The standard InChI is InChI=1S/C20H26N4O2/c1-5-13-25-18-9-7-17(8-10-18)11-12-22-20(21-6-2)23-14-19-24-15(3)16(4)26-19/h1,7-10H,6,11-14H2,2-4H3,(H2,21,22,23). The van der Waals surface area contributed by atoms with Crippen molar-refractivity contribution in [3.63, 3.8) is 0 Å². The van der Waals surface area contributed by atoms with Crippen LogP contribution in [0.1, 0.15) is 29.8 Å². The summed E-state index contributed by atoms with van der Waals surface area (Å²) in [5.41, 5.74) is 2.11. The van der Waals surface area contributed by atoms with Crippen LogP contribution in [-0.4, -0.2) is 30.6 Å². The third kappa shape index (κ3) is 6.17. The van der Waals surface area contributed by atoms with Crippen molar-refractivity contribution in [2.75, 3.05) is 19.7 Å². The van der Waals surface area contributed by atoms with E-state index in [4.69, 9.17) is 15.6 Å². The molecule has 0 saturated carbocycles. The minimum atomic E-state index is 0.285. The number of ether oxygens (including phenoxy) is 1. The number of nitrogens with zero attached hydrogens (tertiary/aromatic N) is 2. The Balaban J connectivity index is 1.83. The molecule has 0 amide bonds. The molecule has 2 N–H and O–H groups in total. The Morgan fingerprint density at radius 3 is 2.65 bits per heavy atom. The van der Waals surface area contributed by atoms with Gasteiger partial charge in [-0.25, -0.2) is 9.98 Å². The van der Waals surface area contributed by atoms with Gasteiger partial charge in [-0.1, -0.05) is 18.1 Å². The minimum Gasteiger partial charge on any atom is -0.481 e. The first-order valence-electron chi connectivity index (χ1n) is 8.72. The first kappa shape index (κ1) is 19.4. The van der Waals surface area contributed by atoms with E-state index in [0.717, 1.165) is 42.7 Å². The van der Waals surface area contributed by atoms with E-state index in [2.05, 4.69) is 26.5 Å². The van der Waals surface area contributed by atoms with Crippen molar-refractivity contribution in [3.05, 3.63) is 47.2 Å². The fraction of sp³-hybridized carbons (Fsp3) is 0.400. The highest BCUT2D eigenvalue weighted by Gasteiger charge is 2.05. The van der Waals surface area contributed by atoms with Gasteiger partial charge < -0.3 is 19.8 Å². The number of hydrogen-bond acceptors (Lipinski definition) is 4. The maximum atomic E-state index is 5.56. The molecular formula is C20H26N4O2. The molecule has 0 atom stereocenters. The second-order valence-electron chi connectivity index (χ2n) is 5.76. The highest BCUT2D eigenvalue weighted by molar-refractivity contribution is 5.79. The number of aryl methyl sites for hydroxylation is 2. The highest BCUT2D eigenvalue weighted by atomic mass is 16.5. The summed E-state index contributed by atoms with van der Waals surface area (Å²) in [6.45, 7) is 8.11. The second kappa shape index (κ2) is 10.1. The molecule has 2 aromatic rings. The minimum absolute atomic E-state index is 0.285. The van der Waals surface area contributed by atoms with Crippen molar-refractivity contribution in [1.29, 1.82) is 0 Å². The van der Waals surface area contributed by atoms with Crippen LogP contribution < -0.4 is 15.4 Å². The Hall–Kier alpha value is -2.94. The summed E-state index contributed by atoms with van der Waals surface area (Å²) in [6, 6.07) is 7.93. The number of rotatable bonds is 8. The summed E-state index contributed by atoms with van der Waals surface area (Å²) >= 11 is 0. The van der Waals surface area contributed by atoms with Gasteiger partial charge in [-0.15, -0.1) is 6.42 Å². The summed E-state index contributed by atoms with van der Waals surface area (Å²) in [4.78, 5) is 8.86. The highest BCUT2D eigenvalue weighted by Crippen LogP contribution is 2.12. The van der Waals surface area contributed by atoms with Crippen LogP contribution in [-0.2, 0) is 13.0 Å². The molecule has 138 valence electrons. The molecule has 0 aliphatic heterocycles. The van der Waals surface area contributed by atoms with E-state index in [-0.39, 0.29) is 6.61 Å². The first-order chi connectivity index (χ1) is 12.6. The topological polar surface area (TPSA) is 71.7 Å². The van der Waals surface area contributed by atoms with Crippen molar-refractivity contribution in [3.8, 4) is 18.1 Å². The summed E-state index contributed by atoms with van der Waals surface area (Å²) < 4.78 is 10.9. The molecule has 0 unspecified atom stereocenters. The van der Waals surface area contributed by atoms with E-state index >= 15 is 0 Å². The lowest BCUT2D eigenvalue weighted by molar-refractivity contribution is 0.370. The Bertz CT molecular complexity index is 738. The van der Waals surface area contributed by atoms with Gasteiger partial charge in [0.25, 0.3) is 0 Å². The molecule has 0 aliphatic rings. The molecule has 26 heavy (non-hydrogen) atoms. The summed E-state index contributed by atoms with van der Waals surface area (Å²) in [5, 5.41) is 6.54. The normalized spacial score (nSPS) is 11.1. The number of guanidine groups is 1. The Labute approximate surface area is 155 Å². The maximum Gasteiger partial charge on any atom is 0.216 e. The third-order valence-corrected chi connectivity index (χ3v) is 3.74. The van der Waals surface area contributed by atoms with Crippen molar-refractivity contribution >= 4 is 5.96 Å². The monoisotopic (exact) mass is 354 g/mol. The molecule has 1 heterocycles. The summed E-state index contributed by atoms with van der Waals surface area (Å²) in [7, 11) is 0. The molecular weight excluding hydrogens is 328 g/mol. The van der Waals surface area contributed by atoms with Gasteiger partial charge in [0.2, 0.25) is 5.89 Å². The average molecular weight is 354 g/mol. The lowest BCUT2D eigenvalue weighted by Gasteiger charge is -2.11. The van der Waals surface area contributed by atoms with Gasteiger partial charge in [0, 0.05) is 13.1 Å². The molecule has 0 fully saturated rings. The van der Waals surface area contributed by atoms with Crippen LogP contribution in [0.25, 0.3) is 0 Å². The molecule has 0 aliphatic carbocycles. The van der Waals surface area contributed by atoms with E-state index in [9.17, 15) is 0 Å². The molecule has 1 aromatic heterocycles. The van der Waals surface area contributed by atoms with Gasteiger partial charge in [-0.05, 0) is 44.9 Å². The largest absolute Gasteiger partial charge is 0.481 e. The molecule has 0 radical (unpaired) electrons. The summed E-state index contributed by atoms with van der Waals surface area (Å²) in [5.74, 6) is 5.44. The van der Waals surface area contributed by atoms with Crippen LogP contribution in [0.4, 0.5) is 0 Å². The number of aromatic nitrogens is 1. The quantitative estimate of drug-likeness (QED) is 0.433. The van der Waals surface area contributed by atoms with E-state index in [0.29, 0.717) is 12.4 Å². The first-order valence-corrected chi connectivity index (χ1v) is 8.72. The van der Waals surface area contributed by atoms with Crippen LogP contribution >= 0.6 is 0 Å². The van der Waals surface area contributed by atoms with E-state index < -0.39 is 0 Å². The van der Waals surface area contributed by atoms with Crippen LogP contribution in [0.2, 0.25) is 0 Å². The SMILES string of the molecule is C#CCOc1ccc(CCNC(=NCc2nc(C)c(C)o2)NCC)cc1. The number of hydrogen-bond donors (Lipinski definition) is 2. The maximum absolute atomic E-state index is 5.56. The Morgan fingerprint density at radius 1 is 1.27 bits per heavy atom. The second-order valence-corrected chi connectivity index (χ2v) is 5.76. The molecule has 0 saturated heterocycles. The number of oxazole rings is 1. The van der Waals surface area contributed by atoms with E-state index in [1.165, 1.54) is 5.56 Å². The van der Waals surface area contributed by atoms with Crippen LogP contribution in [0.15, 0.2) is 33.7 Å². The number of nitrogens with one attached hydrogen (secondary N) is 2. The van der Waals surface area contributed by atoms with Gasteiger partial charge in [-0.3, -0.25) is 0 Å². The average Bonchev–Trinajstić information content (AvgIpc) is 2.97. The van der Waals surface area contributed by atoms with Crippen molar-refractivity contribution < 1.29 is 9.15 Å². The molecule has 1 aromatic carbocycles. The van der Waals surface area contributed by atoms with Crippen molar-refractivity contribution in [1.82, 2.24) is 15.6 Å². The molecule has 6 heteroatoms. The zero-order valence-corrected chi connectivity index (χ0v) is 15.6. The summed E-state index contributed by atoms with van der Waals surface area (Å²) in [6.07, 6.45) is 6.06. The van der Waals surface area contributed by atoms with Gasteiger partial charge in [0.15, 0.2) is 5.96 Å². The Kier molecular flexibility index (Phi) is 7.56. The lowest BCUT2D eigenvalue weighted by atomic mass is 10.1. The number of benzene rings is 1. The Morgan fingerprint density at radius 2 is 2.04 bits per heavy atom. The van der Waals surface area contributed by atoms with Crippen LogP contribution in [0.5, 0.6) is 5.75 Å². The predicted molar refractivity (Wildman–Crippen MR) is 103 cm³/mol. The van der Waals surface area contributed by atoms with Crippen LogP contribution in [0, 0.1) is 26.2 Å². The molecule has 0 bridgehead atoms. The van der Waals surface area contributed by atoms with Gasteiger partial charge in [0.1, 0.15) is 24.7 Å². The fourth-order valence-corrected chi connectivity index (χ4v) is 2.30. The van der Waals surface area contributed by atoms with Crippen molar-refractivity contribution in [2.24, 2.45) is 4.99 Å². The van der Waals surface area contributed by atoms with Gasteiger partial charge in [-0.2, -0.15) is 0 Å². The third-order valence-electron chi connectivity index (χ3n) is 3.74. The van der Waals surface area contributed by atoms with Crippen LogP contribution in [0.3, 0.4) is 0 Å².